The standard InChI is InChI=1S/C22H23N5O3/c1-3-30-16-6-4-15(5-7-16)10-20(28)27-9-8-17-19(13-27)25-21(26-22(17)29)18-12-23-14(2)11-24-18/h4-7,11-12H,3,8-10,13H2,1-2H3,(H,25,26,29). The van der Waals surface area contributed by atoms with Crippen LogP contribution < -0.4 is 10.3 Å². The zero-order valence-electron chi connectivity index (χ0n) is 17.0. The molecule has 0 spiro atoms. The molecule has 2 aromatic heterocycles. The van der Waals surface area contributed by atoms with Gasteiger partial charge in [-0.15, -0.1) is 0 Å². The van der Waals surface area contributed by atoms with E-state index in [1.165, 1.54) is 0 Å². The highest BCUT2D eigenvalue weighted by molar-refractivity contribution is 5.79. The third-order valence-corrected chi connectivity index (χ3v) is 5.04. The van der Waals surface area contributed by atoms with Crippen molar-refractivity contribution in [3.8, 4) is 17.3 Å². The maximum Gasteiger partial charge on any atom is 0.254 e. The second-order valence-corrected chi connectivity index (χ2v) is 7.20. The fourth-order valence-electron chi connectivity index (χ4n) is 3.45. The minimum absolute atomic E-state index is 0.00330. The minimum atomic E-state index is -0.184. The lowest BCUT2D eigenvalue weighted by Crippen LogP contribution is -2.40. The molecule has 0 saturated heterocycles. The van der Waals surface area contributed by atoms with Gasteiger partial charge < -0.3 is 14.6 Å². The van der Waals surface area contributed by atoms with Crippen molar-refractivity contribution in [3.63, 3.8) is 0 Å². The van der Waals surface area contributed by atoms with E-state index in [2.05, 4.69) is 19.9 Å². The van der Waals surface area contributed by atoms with E-state index in [1.54, 1.807) is 17.3 Å². The Morgan fingerprint density at radius 2 is 2.00 bits per heavy atom. The van der Waals surface area contributed by atoms with Crippen LogP contribution in [0.5, 0.6) is 5.75 Å². The van der Waals surface area contributed by atoms with Crippen LogP contribution in [0, 0.1) is 6.92 Å². The summed E-state index contributed by atoms with van der Waals surface area (Å²) in [4.78, 5) is 42.9. The van der Waals surface area contributed by atoms with Gasteiger partial charge in [0.05, 0.1) is 37.2 Å². The molecule has 8 heteroatoms. The van der Waals surface area contributed by atoms with Crippen LogP contribution in [0.15, 0.2) is 41.5 Å². The van der Waals surface area contributed by atoms with Gasteiger partial charge in [-0.2, -0.15) is 0 Å². The molecule has 1 aliphatic rings. The molecule has 154 valence electrons. The maximum atomic E-state index is 12.8. The monoisotopic (exact) mass is 405 g/mol. The van der Waals surface area contributed by atoms with Crippen molar-refractivity contribution in [2.24, 2.45) is 0 Å². The summed E-state index contributed by atoms with van der Waals surface area (Å²) >= 11 is 0. The molecule has 3 aromatic rings. The fraction of sp³-hybridized carbons (Fsp3) is 0.318. The Morgan fingerprint density at radius 3 is 2.70 bits per heavy atom. The van der Waals surface area contributed by atoms with Gasteiger partial charge in [0.2, 0.25) is 5.91 Å². The van der Waals surface area contributed by atoms with Crippen LogP contribution in [0.25, 0.3) is 11.5 Å². The third kappa shape index (κ3) is 4.22. The van der Waals surface area contributed by atoms with Crippen molar-refractivity contribution >= 4 is 5.91 Å². The van der Waals surface area contributed by atoms with E-state index in [1.807, 2.05) is 38.1 Å². The van der Waals surface area contributed by atoms with Gasteiger partial charge in [-0.05, 0) is 38.0 Å². The van der Waals surface area contributed by atoms with E-state index in [4.69, 9.17) is 4.74 Å². The largest absolute Gasteiger partial charge is 0.494 e. The molecule has 8 nitrogen and oxygen atoms in total. The Bertz CT molecular complexity index is 1110. The number of carbonyl (C=O) groups is 1. The number of amides is 1. The van der Waals surface area contributed by atoms with Gasteiger partial charge in [0.1, 0.15) is 11.4 Å². The second kappa shape index (κ2) is 8.44. The topological polar surface area (TPSA) is 101 Å². The number of hydrogen-bond acceptors (Lipinski definition) is 6. The van der Waals surface area contributed by atoms with Gasteiger partial charge in [0, 0.05) is 18.3 Å². The average Bonchev–Trinajstić information content (AvgIpc) is 2.75. The Hall–Kier alpha value is -3.55. The van der Waals surface area contributed by atoms with Gasteiger partial charge in [0.15, 0.2) is 5.82 Å². The smallest absolute Gasteiger partial charge is 0.254 e. The molecular formula is C22H23N5O3. The van der Waals surface area contributed by atoms with Crippen molar-refractivity contribution in [2.45, 2.75) is 33.2 Å². The predicted octanol–water partition coefficient (Wildman–Crippen LogP) is 2.06. The molecule has 0 radical (unpaired) electrons. The number of nitrogens with zero attached hydrogens (tertiary/aromatic N) is 4. The van der Waals surface area contributed by atoms with E-state index < -0.39 is 0 Å². The molecule has 30 heavy (non-hydrogen) atoms. The van der Waals surface area contributed by atoms with Gasteiger partial charge >= 0.3 is 0 Å². The molecule has 0 fully saturated rings. The van der Waals surface area contributed by atoms with Crippen LogP contribution >= 0.6 is 0 Å². The fourth-order valence-corrected chi connectivity index (χ4v) is 3.45. The number of fused-ring (bicyclic) bond motifs is 1. The number of carbonyl (C=O) groups excluding carboxylic acids is 1. The highest BCUT2D eigenvalue weighted by atomic mass is 16.5. The molecule has 1 aliphatic heterocycles. The summed E-state index contributed by atoms with van der Waals surface area (Å²) in [7, 11) is 0. The normalized spacial score (nSPS) is 13.1. The highest BCUT2D eigenvalue weighted by Gasteiger charge is 2.25. The maximum absolute atomic E-state index is 12.8. The first-order valence-electron chi connectivity index (χ1n) is 9.94. The zero-order valence-corrected chi connectivity index (χ0v) is 17.0. The predicted molar refractivity (Wildman–Crippen MR) is 111 cm³/mol. The third-order valence-electron chi connectivity index (χ3n) is 5.04. The van der Waals surface area contributed by atoms with Gasteiger partial charge in [-0.3, -0.25) is 14.6 Å². The van der Waals surface area contributed by atoms with Crippen molar-refractivity contribution in [1.82, 2.24) is 24.8 Å². The Balaban J connectivity index is 1.51. The van der Waals surface area contributed by atoms with Crippen molar-refractivity contribution in [3.05, 3.63) is 69.5 Å². The number of ether oxygens (including phenoxy) is 1. The summed E-state index contributed by atoms with van der Waals surface area (Å²) in [5.74, 6) is 1.16. The lowest BCUT2D eigenvalue weighted by Gasteiger charge is -2.28. The van der Waals surface area contributed by atoms with Crippen molar-refractivity contribution in [2.75, 3.05) is 13.2 Å². The molecule has 1 aromatic carbocycles. The summed E-state index contributed by atoms with van der Waals surface area (Å²) in [6, 6.07) is 7.54. The van der Waals surface area contributed by atoms with Crippen LogP contribution in [0.1, 0.15) is 29.4 Å². The van der Waals surface area contributed by atoms with E-state index in [-0.39, 0.29) is 11.5 Å². The van der Waals surface area contributed by atoms with E-state index in [0.29, 0.717) is 55.3 Å². The number of nitrogens with one attached hydrogen (secondary N) is 1. The van der Waals surface area contributed by atoms with Crippen LogP contribution in [0.3, 0.4) is 0 Å². The van der Waals surface area contributed by atoms with Gasteiger partial charge in [-0.25, -0.2) is 9.97 Å². The van der Waals surface area contributed by atoms with Gasteiger partial charge in [0.25, 0.3) is 5.56 Å². The van der Waals surface area contributed by atoms with Crippen molar-refractivity contribution in [1.29, 1.82) is 0 Å². The molecule has 0 bridgehead atoms. The summed E-state index contributed by atoms with van der Waals surface area (Å²) in [6.45, 7) is 5.18. The summed E-state index contributed by atoms with van der Waals surface area (Å²) in [5.41, 5.74) is 3.26. The van der Waals surface area contributed by atoms with Crippen LogP contribution in [0.4, 0.5) is 0 Å². The summed E-state index contributed by atoms with van der Waals surface area (Å²) in [6.07, 6.45) is 3.98. The number of rotatable bonds is 5. The quantitative estimate of drug-likeness (QED) is 0.697. The van der Waals surface area contributed by atoms with Gasteiger partial charge in [-0.1, -0.05) is 12.1 Å². The summed E-state index contributed by atoms with van der Waals surface area (Å²) in [5, 5.41) is 0. The Labute approximate surface area is 174 Å². The first kappa shape index (κ1) is 19.8. The molecule has 4 rings (SSSR count). The Kier molecular flexibility index (Phi) is 5.56. The lowest BCUT2D eigenvalue weighted by molar-refractivity contribution is -0.131. The number of aromatic amines is 1. The molecule has 0 unspecified atom stereocenters. The number of H-pyrrole nitrogens is 1. The Morgan fingerprint density at radius 1 is 1.20 bits per heavy atom. The molecule has 3 heterocycles. The molecule has 1 N–H and O–H groups in total. The van der Waals surface area contributed by atoms with Crippen LogP contribution in [0.2, 0.25) is 0 Å². The molecule has 0 saturated carbocycles. The first-order chi connectivity index (χ1) is 14.5. The molecular weight excluding hydrogens is 382 g/mol. The minimum Gasteiger partial charge on any atom is -0.494 e. The number of aryl methyl sites for hydroxylation is 1. The first-order valence-corrected chi connectivity index (χ1v) is 9.94. The molecule has 0 aliphatic carbocycles. The number of aromatic nitrogens is 4. The van der Waals surface area contributed by atoms with E-state index in [0.717, 1.165) is 17.0 Å². The van der Waals surface area contributed by atoms with Crippen LogP contribution in [-0.4, -0.2) is 43.9 Å². The molecule has 1 amide bonds. The summed E-state index contributed by atoms with van der Waals surface area (Å²) < 4.78 is 5.44. The number of hydrogen-bond donors (Lipinski definition) is 1. The van der Waals surface area contributed by atoms with Crippen molar-refractivity contribution < 1.29 is 9.53 Å². The second-order valence-electron chi connectivity index (χ2n) is 7.20. The van der Waals surface area contributed by atoms with E-state index >= 15 is 0 Å². The lowest BCUT2D eigenvalue weighted by atomic mass is 10.0. The van der Waals surface area contributed by atoms with E-state index in [9.17, 15) is 9.59 Å². The zero-order chi connectivity index (χ0) is 21.1. The number of benzene rings is 1. The van der Waals surface area contributed by atoms with Crippen LogP contribution in [-0.2, 0) is 24.2 Å². The average molecular weight is 405 g/mol. The highest BCUT2D eigenvalue weighted by Crippen LogP contribution is 2.19. The molecule has 0 atom stereocenters. The SMILES string of the molecule is CCOc1ccc(CC(=O)N2CCc3c(nc(-c4cnc(C)cn4)[nH]c3=O)C2)cc1.